The number of ether oxygens (including phenoxy) is 1. The van der Waals surface area contributed by atoms with E-state index in [0.717, 1.165) is 47.9 Å². The molecule has 4 aromatic rings. The fraction of sp³-hybridized carbons (Fsp3) is 0.250. The predicted molar refractivity (Wildman–Crippen MR) is 124 cm³/mol. The summed E-state index contributed by atoms with van der Waals surface area (Å²) in [5.41, 5.74) is 7.99. The van der Waals surface area contributed by atoms with Crippen LogP contribution < -0.4 is 10.3 Å². The molecular formula is C24H23N7O. The van der Waals surface area contributed by atoms with E-state index < -0.39 is 0 Å². The summed E-state index contributed by atoms with van der Waals surface area (Å²) in [5, 5.41) is 9.29. The summed E-state index contributed by atoms with van der Waals surface area (Å²) in [6.07, 6.45) is 6.70. The van der Waals surface area contributed by atoms with Crippen molar-refractivity contribution in [3.05, 3.63) is 72.1 Å². The first-order chi connectivity index (χ1) is 15.7. The molecule has 2 atom stereocenters. The number of aromatic nitrogens is 4. The molecule has 0 amide bonds. The quantitative estimate of drug-likeness (QED) is 0.389. The SMILES string of the molecule is Cc1cccc(/C=N/Nc2cc(N3C[C@@H]4C[C@H]3CO4)n3nc(-c4ccncc4)cc3n2)c1. The molecule has 2 bridgehead atoms. The lowest BCUT2D eigenvalue weighted by atomic mass is 10.2. The molecular weight excluding hydrogens is 402 g/mol. The Kier molecular flexibility index (Phi) is 4.57. The van der Waals surface area contributed by atoms with Crippen molar-refractivity contribution in [1.82, 2.24) is 19.6 Å². The zero-order valence-corrected chi connectivity index (χ0v) is 17.7. The van der Waals surface area contributed by atoms with Crippen LogP contribution in [-0.2, 0) is 4.74 Å². The van der Waals surface area contributed by atoms with Gasteiger partial charge in [-0.3, -0.25) is 10.4 Å². The van der Waals surface area contributed by atoms with Gasteiger partial charge >= 0.3 is 0 Å². The maximum atomic E-state index is 5.81. The van der Waals surface area contributed by atoms with Crippen molar-refractivity contribution in [3.8, 4) is 11.3 Å². The van der Waals surface area contributed by atoms with Crippen LogP contribution in [0.4, 0.5) is 11.6 Å². The summed E-state index contributed by atoms with van der Waals surface area (Å²) < 4.78 is 7.73. The Bertz CT molecular complexity index is 1300. The third-order valence-corrected chi connectivity index (χ3v) is 6.01. The zero-order valence-electron chi connectivity index (χ0n) is 17.7. The number of nitrogens with one attached hydrogen (secondary N) is 1. The number of nitrogens with zero attached hydrogens (tertiary/aromatic N) is 6. The van der Waals surface area contributed by atoms with Crippen LogP contribution in [0.2, 0.25) is 0 Å². The van der Waals surface area contributed by atoms with Gasteiger partial charge in [-0.2, -0.15) is 14.7 Å². The number of hydrogen-bond donors (Lipinski definition) is 1. The Labute approximate surface area is 185 Å². The fourth-order valence-corrected chi connectivity index (χ4v) is 4.49. The Hall–Kier alpha value is -3.78. The molecule has 0 unspecified atom stereocenters. The molecule has 8 nitrogen and oxygen atoms in total. The normalized spacial score (nSPS) is 20.0. The first kappa shape index (κ1) is 18.9. The predicted octanol–water partition coefficient (Wildman–Crippen LogP) is 3.52. The third-order valence-electron chi connectivity index (χ3n) is 6.01. The Balaban J connectivity index is 1.38. The lowest BCUT2D eigenvalue weighted by Gasteiger charge is -2.29. The van der Waals surface area contributed by atoms with E-state index in [2.05, 4.69) is 39.5 Å². The fourth-order valence-electron chi connectivity index (χ4n) is 4.49. The van der Waals surface area contributed by atoms with Gasteiger partial charge in [-0.05, 0) is 31.0 Å². The molecule has 0 spiro atoms. The van der Waals surface area contributed by atoms with Crippen LogP contribution in [0.25, 0.3) is 16.9 Å². The van der Waals surface area contributed by atoms with Gasteiger partial charge in [0.1, 0.15) is 5.82 Å². The van der Waals surface area contributed by atoms with Gasteiger partial charge < -0.3 is 9.64 Å². The summed E-state index contributed by atoms with van der Waals surface area (Å²) in [4.78, 5) is 11.3. The molecule has 0 radical (unpaired) electrons. The van der Waals surface area contributed by atoms with Crippen molar-refractivity contribution >= 4 is 23.5 Å². The van der Waals surface area contributed by atoms with Gasteiger partial charge in [0.2, 0.25) is 0 Å². The number of rotatable bonds is 5. The van der Waals surface area contributed by atoms with Gasteiger partial charge in [-0.15, -0.1) is 0 Å². The second-order valence-corrected chi connectivity index (χ2v) is 8.32. The van der Waals surface area contributed by atoms with E-state index >= 15 is 0 Å². The molecule has 3 aromatic heterocycles. The Morgan fingerprint density at radius 2 is 2.06 bits per heavy atom. The van der Waals surface area contributed by atoms with E-state index in [9.17, 15) is 0 Å². The monoisotopic (exact) mass is 425 g/mol. The van der Waals surface area contributed by atoms with E-state index in [4.69, 9.17) is 14.8 Å². The summed E-state index contributed by atoms with van der Waals surface area (Å²) in [7, 11) is 0. The highest BCUT2D eigenvalue weighted by molar-refractivity contribution is 5.80. The van der Waals surface area contributed by atoms with Gasteiger partial charge in [0.15, 0.2) is 11.5 Å². The highest BCUT2D eigenvalue weighted by atomic mass is 16.5. The minimum Gasteiger partial charge on any atom is -0.374 e. The molecule has 5 heterocycles. The number of fused-ring (bicyclic) bond motifs is 3. The average molecular weight is 425 g/mol. The van der Waals surface area contributed by atoms with Gasteiger partial charge in [0.25, 0.3) is 0 Å². The third kappa shape index (κ3) is 3.48. The minimum absolute atomic E-state index is 0.286. The van der Waals surface area contributed by atoms with Crippen LogP contribution in [0.5, 0.6) is 0 Å². The van der Waals surface area contributed by atoms with Crippen LogP contribution in [0.3, 0.4) is 0 Å². The number of pyridine rings is 1. The van der Waals surface area contributed by atoms with Crippen molar-refractivity contribution in [1.29, 1.82) is 0 Å². The van der Waals surface area contributed by atoms with Crippen molar-refractivity contribution in [2.45, 2.75) is 25.5 Å². The highest BCUT2D eigenvalue weighted by Gasteiger charge is 2.40. The van der Waals surface area contributed by atoms with Gasteiger partial charge in [0, 0.05) is 36.6 Å². The molecule has 2 aliphatic rings. The molecule has 2 fully saturated rings. The topological polar surface area (TPSA) is 79.9 Å². The first-order valence-corrected chi connectivity index (χ1v) is 10.8. The lowest BCUT2D eigenvalue weighted by Crippen LogP contribution is -2.38. The second kappa shape index (κ2) is 7.72. The summed E-state index contributed by atoms with van der Waals surface area (Å²) in [6.45, 7) is 3.68. The molecule has 0 aliphatic carbocycles. The number of hydrazone groups is 1. The number of aryl methyl sites for hydroxylation is 1. The summed E-state index contributed by atoms with van der Waals surface area (Å²) >= 11 is 0. The number of anilines is 2. The van der Waals surface area contributed by atoms with Crippen molar-refractivity contribution in [2.75, 3.05) is 23.5 Å². The lowest BCUT2D eigenvalue weighted by molar-refractivity contribution is 0.0987. The van der Waals surface area contributed by atoms with Crippen molar-refractivity contribution in [2.24, 2.45) is 5.10 Å². The van der Waals surface area contributed by atoms with Gasteiger partial charge in [0.05, 0.1) is 30.7 Å². The molecule has 2 saturated heterocycles. The van der Waals surface area contributed by atoms with Crippen LogP contribution in [0.15, 0.2) is 66.0 Å². The van der Waals surface area contributed by atoms with Crippen molar-refractivity contribution < 1.29 is 4.74 Å². The standard InChI is InChI=1S/C24H23N7O/c1-16-3-2-4-17(9-16)13-26-28-22-12-24(30-14-20-10-19(30)15-32-20)31-23(27-22)11-21(29-31)18-5-7-25-8-6-18/h2-9,11-13,19-20H,10,14-15H2,1H3,(H,27,28)/b26-13+/t19-,20-/m0/s1. The van der Waals surface area contributed by atoms with E-state index in [1.54, 1.807) is 12.4 Å². The smallest absolute Gasteiger partial charge is 0.160 e. The van der Waals surface area contributed by atoms with E-state index in [-0.39, 0.29) is 6.10 Å². The summed E-state index contributed by atoms with van der Waals surface area (Å²) in [6, 6.07) is 16.5. The molecule has 160 valence electrons. The molecule has 2 aliphatic heterocycles. The van der Waals surface area contributed by atoms with Gasteiger partial charge in [-0.1, -0.05) is 29.8 Å². The second-order valence-electron chi connectivity index (χ2n) is 8.32. The molecule has 8 heteroatoms. The highest BCUT2D eigenvalue weighted by Crippen LogP contribution is 2.34. The molecule has 32 heavy (non-hydrogen) atoms. The number of morpholine rings is 1. The summed E-state index contributed by atoms with van der Waals surface area (Å²) in [5.74, 6) is 1.68. The molecule has 1 N–H and O–H groups in total. The average Bonchev–Trinajstić information content (AvgIpc) is 3.55. The first-order valence-electron chi connectivity index (χ1n) is 10.8. The Morgan fingerprint density at radius 1 is 1.16 bits per heavy atom. The van der Waals surface area contributed by atoms with E-state index in [1.807, 2.05) is 47.1 Å². The van der Waals surface area contributed by atoms with Crippen molar-refractivity contribution in [3.63, 3.8) is 0 Å². The Morgan fingerprint density at radius 3 is 2.84 bits per heavy atom. The van der Waals surface area contributed by atoms with Crippen LogP contribution in [0.1, 0.15) is 17.5 Å². The number of hydrogen-bond acceptors (Lipinski definition) is 7. The maximum Gasteiger partial charge on any atom is 0.160 e. The number of benzene rings is 1. The maximum absolute atomic E-state index is 5.81. The largest absolute Gasteiger partial charge is 0.374 e. The molecule has 1 aromatic carbocycles. The van der Waals surface area contributed by atoms with E-state index in [0.29, 0.717) is 11.9 Å². The van der Waals surface area contributed by atoms with Gasteiger partial charge in [-0.25, -0.2) is 4.98 Å². The van der Waals surface area contributed by atoms with Crippen LogP contribution >= 0.6 is 0 Å². The van der Waals surface area contributed by atoms with E-state index in [1.165, 1.54) is 5.56 Å². The van der Waals surface area contributed by atoms with Crippen LogP contribution in [-0.4, -0.2) is 51.1 Å². The molecule has 6 rings (SSSR count). The minimum atomic E-state index is 0.286. The molecule has 0 saturated carbocycles. The zero-order chi connectivity index (χ0) is 21.5. The van der Waals surface area contributed by atoms with Crippen LogP contribution in [0, 0.1) is 6.92 Å².